The average Bonchev–Trinajstić information content (AvgIpc) is 2.46. The van der Waals surface area contributed by atoms with Crippen molar-refractivity contribution in [1.29, 1.82) is 0 Å². The molecule has 4 nitrogen and oxygen atoms in total. The monoisotopic (exact) mass is 306 g/mol. The summed E-state index contributed by atoms with van der Waals surface area (Å²) in [6, 6.07) is 5.09. The van der Waals surface area contributed by atoms with Crippen molar-refractivity contribution in [1.82, 2.24) is 9.97 Å². The maximum Gasteiger partial charge on any atom is 0.149 e. The van der Waals surface area contributed by atoms with Gasteiger partial charge in [0.2, 0.25) is 0 Å². The van der Waals surface area contributed by atoms with Gasteiger partial charge in [0.25, 0.3) is 0 Å². The van der Waals surface area contributed by atoms with Crippen molar-refractivity contribution in [2.45, 2.75) is 33.1 Å². The molecule has 1 heterocycles. The Bertz CT molecular complexity index is 632. The number of aromatic nitrogens is 2. The van der Waals surface area contributed by atoms with Gasteiger partial charge in [0.05, 0.1) is 5.69 Å². The number of hydrogen-bond donors (Lipinski definition) is 2. The lowest BCUT2D eigenvalue weighted by molar-refractivity contribution is 0.586. The molecule has 0 aliphatic carbocycles. The van der Waals surface area contributed by atoms with E-state index in [2.05, 4.69) is 27.5 Å². The highest BCUT2D eigenvalue weighted by Gasteiger charge is 2.07. The van der Waals surface area contributed by atoms with E-state index in [1.165, 1.54) is 12.1 Å². The van der Waals surface area contributed by atoms with Crippen LogP contribution in [0.25, 0.3) is 0 Å². The van der Waals surface area contributed by atoms with E-state index in [4.69, 9.17) is 0 Å². The standard InChI is InChI=1S/C16H20F2N4/c1-3-4-5-8-19-15-10-16(21-11(2)20-15)22-14-7-6-12(17)9-13(14)18/h6-7,9-10H,3-5,8H2,1-2H3,(H2,19,20,21,22). The number of anilines is 3. The normalized spacial score (nSPS) is 10.5. The number of aryl methyl sites for hydroxylation is 1. The molecule has 0 radical (unpaired) electrons. The maximum atomic E-state index is 13.7. The summed E-state index contributed by atoms with van der Waals surface area (Å²) in [5.41, 5.74) is 0.177. The fraction of sp³-hybridized carbons (Fsp3) is 0.375. The van der Waals surface area contributed by atoms with Gasteiger partial charge in [-0.25, -0.2) is 18.7 Å². The zero-order valence-electron chi connectivity index (χ0n) is 12.8. The van der Waals surface area contributed by atoms with Crippen LogP contribution in [0.2, 0.25) is 0 Å². The van der Waals surface area contributed by atoms with Gasteiger partial charge in [-0.2, -0.15) is 0 Å². The topological polar surface area (TPSA) is 49.8 Å². The molecule has 22 heavy (non-hydrogen) atoms. The lowest BCUT2D eigenvalue weighted by atomic mass is 10.2. The van der Waals surface area contributed by atoms with Crippen LogP contribution in [-0.4, -0.2) is 16.5 Å². The molecule has 0 fully saturated rings. The fourth-order valence-corrected chi connectivity index (χ4v) is 2.04. The van der Waals surface area contributed by atoms with Gasteiger partial charge in [0.15, 0.2) is 0 Å². The van der Waals surface area contributed by atoms with Crippen molar-refractivity contribution in [3.63, 3.8) is 0 Å². The zero-order chi connectivity index (χ0) is 15.9. The molecule has 0 spiro atoms. The van der Waals surface area contributed by atoms with Gasteiger partial charge >= 0.3 is 0 Å². The molecule has 1 aromatic carbocycles. The summed E-state index contributed by atoms with van der Waals surface area (Å²) in [4.78, 5) is 8.51. The molecule has 118 valence electrons. The Hall–Kier alpha value is -2.24. The third-order valence-corrected chi connectivity index (χ3v) is 3.12. The van der Waals surface area contributed by atoms with Crippen molar-refractivity contribution in [3.05, 3.63) is 41.7 Å². The number of benzene rings is 1. The fourth-order valence-electron chi connectivity index (χ4n) is 2.04. The van der Waals surface area contributed by atoms with E-state index in [0.717, 1.165) is 31.9 Å². The second-order valence-corrected chi connectivity index (χ2v) is 5.07. The molecular weight excluding hydrogens is 286 g/mol. The Balaban J connectivity index is 2.08. The Morgan fingerprint density at radius 2 is 1.82 bits per heavy atom. The average molecular weight is 306 g/mol. The van der Waals surface area contributed by atoms with E-state index in [1.54, 1.807) is 13.0 Å². The second kappa shape index (κ2) is 7.68. The molecule has 0 aliphatic rings. The van der Waals surface area contributed by atoms with E-state index in [-0.39, 0.29) is 5.69 Å². The number of unbranched alkanes of at least 4 members (excludes halogenated alkanes) is 2. The summed E-state index contributed by atoms with van der Waals surface area (Å²) < 4.78 is 26.6. The largest absolute Gasteiger partial charge is 0.370 e. The minimum Gasteiger partial charge on any atom is -0.370 e. The van der Waals surface area contributed by atoms with E-state index in [9.17, 15) is 8.78 Å². The second-order valence-electron chi connectivity index (χ2n) is 5.07. The molecule has 2 rings (SSSR count). The minimum atomic E-state index is -0.659. The molecule has 0 atom stereocenters. The summed E-state index contributed by atoms with van der Waals surface area (Å²) in [5, 5.41) is 6.07. The first-order valence-electron chi connectivity index (χ1n) is 7.40. The Kier molecular flexibility index (Phi) is 5.63. The SMILES string of the molecule is CCCCCNc1cc(Nc2ccc(F)cc2F)nc(C)n1. The predicted octanol–water partition coefficient (Wildman–Crippen LogP) is 4.41. The molecule has 0 amide bonds. The van der Waals surface area contributed by atoms with Gasteiger partial charge in [0, 0.05) is 18.7 Å². The van der Waals surface area contributed by atoms with Crippen molar-refractivity contribution in [2.24, 2.45) is 0 Å². The number of nitrogens with zero attached hydrogens (tertiary/aromatic N) is 2. The summed E-state index contributed by atoms with van der Waals surface area (Å²) >= 11 is 0. The first-order chi connectivity index (χ1) is 10.6. The van der Waals surface area contributed by atoms with Crippen molar-refractivity contribution in [2.75, 3.05) is 17.2 Å². The van der Waals surface area contributed by atoms with E-state index in [1.807, 2.05) is 0 Å². The van der Waals surface area contributed by atoms with Crippen LogP contribution in [-0.2, 0) is 0 Å². The molecule has 0 saturated carbocycles. The van der Waals surface area contributed by atoms with Crippen molar-refractivity contribution < 1.29 is 8.78 Å². The Labute approximate surface area is 129 Å². The molecule has 0 saturated heterocycles. The van der Waals surface area contributed by atoms with E-state index < -0.39 is 11.6 Å². The van der Waals surface area contributed by atoms with Crippen molar-refractivity contribution >= 4 is 17.3 Å². The van der Waals surface area contributed by atoms with Crippen LogP contribution in [0.4, 0.5) is 26.1 Å². The molecule has 1 aromatic heterocycles. The summed E-state index contributed by atoms with van der Waals surface area (Å²) in [6.07, 6.45) is 3.37. The number of nitrogens with one attached hydrogen (secondary N) is 2. The smallest absolute Gasteiger partial charge is 0.149 e. The lowest BCUT2D eigenvalue weighted by Gasteiger charge is -2.10. The Morgan fingerprint density at radius 1 is 1.05 bits per heavy atom. The lowest BCUT2D eigenvalue weighted by Crippen LogP contribution is -2.06. The molecule has 0 bridgehead atoms. The van der Waals surface area contributed by atoms with Gasteiger partial charge in [-0.05, 0) is 25.5 Å². The molecule has 0 aliphatic heterocycles. The van der Waals surface area contributed by atoms with Crippen LogP contribution in [0.5, 0.6) is 0 Å². The molecule has 0 unspecified atom stereocenters. The van der Waals surface area contributed by atoms with Gasteiger partial charge < -0.3 is 10.6 Å². The zero-order valence-corrected chi connectivity index (χ0v) is 12.8. The van der Waals surface area contributed by atoms with Crippen LogP contribution in [0.3, 0.4) is 0 Å². The molecule has 6 heteroatoms. The maximum absolute atomic E-state index is 13.7. The number of halogens is 2. The summed E-state index contributed by atoms with van der Waals surface area (Å²) in [7, 11) is 0. The first-order valence-corrected chi connectivity index (χ1v) is 7.40. The minimum absolute atomic E-state index is 0.177. The summed E-state index contributed by atoms with van der Waals surface area (Å²) in [6.45, 7) is 4.74. The van der Waals surface area contributed by atoms with Crippen LogP contribution in [0, 0.1) is 18.6 Å². The van der Waals surface area contributed by atoms with Crippen LogP contribution in [0.15, 0.2) is 24.3 Å². The first kappa shape index (κ1) is 16.1. The molecule has 2 aromatic rings. The highest BCUT2D eigenvalue weighted by atomic mass is 19.1. The van der Waals surface area contributed by atoms with Crippen LogP contribution < -0.4 is 10.6 Å². The quantitative estimate of drug-likeness (QED) is 0.744. The number of rotatable bonds is 7. The number of hydrogen-bond acceptors (Lipinski definition) is 4. The van der Waals surface area contributed by atoms with Gasteiger partial charge in [-0.3, -0.25) is 0 Å². The van der Waals surface area contributed by atoms with Crippen LogP contribution in [0.1, 0.15) is 32.0 Å². The third-order valence-electron chi connectivity index (χ3n) is 3.12. The summed E-state index contributed by atoms with van der Waals surface area (Å²) in [5.74, 6) is 0.462. The Morgan fingerprint density at radius 3 is 2.55 bits per heavy atom. The van der Waals surface area contributed by atoms with E-state index >= 15 is 0 Å². The van der Waals surface area contributed by atoms with Crippen LogP contribution >= 0.6 is 0 Å². The molecule has 2 N–H and O–H groups in total. The molecular formula is C16H20F2N4. The van der Waals surface area contributed by atoms with Gasteiger partial charge in [-0.15, -0.1) is 0 Å². The van der Waals surface area contributed by atoms with Crippen molar-refractivity contribution in [3.8, 4) is 0 Å². The third kappa shape index (κ3) is 4.65. The highest BCUT2D eigenvalue weighted by Crippen LogP contribution is 2.21. The van der Waals surface area contributed by atoms with Gasteiger partial charge in [0.1, 0.15) is 29.1 Å². The predicted molar refractivity (Wildman–Crippen MR) is 84.4 cm³/mol. The highest BCUT2D eigenvalue weighted by molar-refractivity contribution is 5.59. The van der Waals surface area contributed by atoms with Gasteiger partial charge in [-0.1, -0.05) is 19.8 Å². The van der Waals surface area contributed by atoms with E-state index in [0.29, 0.717) is 17.5 Å².